The summed E-state index contributed by atoms with van der Waals surface area (Å²) in [7, 11) is 0. The van der Waals surface area contributed by atoms with Crippen LogP contribution in [0.5, 0.6) is 0 Å². The van der Waals surface area contributed by atoms with Crippen molar-refractivity contribution in [1.82, 2.24) is 0 Å². The minimum Gasteiger partial charge on any atom is -0.103 e. The number of hydrogen-bond acceptors (Lipinski definition) is 0. The van der Waals surface area contributed by atoms with E-state index in [0.29, 0.717) is 0 Å². The molecule has 0 fully saturated rings. The molecule has 0 bridgehead atoms. The van der Waals surface area contributed by atoms with Crippen LogP contribution in [0.3, 0.4) is 0 Å². The van der Waals surface area contributed by atoms with Crippen LogP contribution in [0.4, 0.5) is 0 Å². The van der Waals surface area contributed by atoms with E-state index in [9.17, 15) is 0 Å². The quantitative estimate of drug-likeness (QED) is 0.296. The first kappa shape index (κ1) is 17.6. The van der Waals surface area contributed by atoms with Gasteiger partial charge in [-0.3, -0.25) is 0 Å². The van der Waals surface area contributed by atoms with Crippen LogP contribution in [-0.2, 0) is 0 Å². The van der Waals surface area contributed by atoms with Crippen molar-refractivity contribution in [3.63, 3.8) is 0 Å². The second-order valence-corrected chi connectivity index (χ2v) is 5.68. The van der Waals surface area contributed by atoms with Crippen molar-refractivity contribution in [3.8, 4) is 11.8 Å². The van der Waals surface area contributed by atoms with Crippen LogP contribution in [0.15, 0.2) is 0 Å². The van der Waals surface area contributed by atoms with Gasteiger partial charge >= 0.3 is 0 Å². The van der Waals surface area contributed by atoms with E-state index in [1.807, 2.05) is 0 Å². The first-order valence-electron chi connectivity index (χ1n) is 8.27. The summed E-state index contributed by atoms with van der Waals surface area (Å²) in [6.45, 7) is 6.86. The molecule has 0 N–H and O–H groups in total. The zero-order valence-electron chi connectivity index (χ0n) is 13.1. The molecule has 0 aromatic heterocycles. The minimum atomic E-state index is 0.801. The van der Waals surface area contributed by atoms with Crippen LogP contribution in [0.25, 0.3) is 0 Å². The van der Waals surface area contributed by atoms with Crippen molar-refractivity contribution < 1.29 is 0 Å². The van der Waals surface area contributed by atoms with Crippen molar-refractivity contribution in [2.45, 2.75) is 97.8 Å². The molecular formula is C18H34. The molecule has 0 aliphatic rings. The van der Waals surface area contributed by atoms with Crippen molar-refractivity contribution in [2.24, 2.45) is 5.92 Å². The van der Waals surface area contributed by atoms with E-state index < -0.39 is 0 Å². The fourth-order valence-corrected chi connectivity index (χ4v) is 2.15. The van der Waals surface area contributed by atoms with E-state index in [1.165, 1.54) is 64.2 Å². The third kappa shape index (κ3) is 13.6. The Labute approximate surface area is 116 Å². The summed E-state index contributed by atoms with van der Waals surface area (Å²) in [5, 5.41) is 0. The molecule has 0 nitrogen and oxygen atoms in total. The van der Waals surface area contributed by atoms with Gasteiger partial charge < -0.3 is 0 Å². The highest BCUT2D eigenvalue weighted by atomic mass is 14.0. The zero-order chi connectivity index (χ0) is 13.5. The van der Waals surface area contributed by atoms with E-state index in [4.69, 9.17) is 0 Å². The lowest BCUT2D eigenvalue weighted by Gasteiger charge is -2.07. The Morgan fingerprint density at radius 2 is 1.33 bits per heavy atom. The molecule has 0 heteroatoms. The molecule has 0 radical (unpaired) electrons. The molecule has 0 aliphatic carbocycles. The third-order valence-corrected chi connectivity index (χ3v) is 3.53. The maximum absolute atomic E-state index is 3.34. The smallest absolute Gasteiger partial charge is 0.0114 e. The molecule has 106 valence electrons. The third-order valence-electron chi connectivity index (χ3n) is 3.53. The summed E-state index contributed by atoms with van der Waals surface area (Å²) in [6.07, 6.45) is 16.0. The Morgan fingerprint density at radius 3 is 2.00 bits per heavy atom. The average molecular weight is 250 g/mol. The van der Waals surface area contributed by atoms with E-state index >= 15 is 0 Å². The summed E-state index contributed by atoms with van der Waals surface area (Å²) in [6, 6.07) is 0. The SMILES string of the molecule is CCCCC#CCC(C)CCCCCCCCC. The Balaban J connectivity index is 3.25. The van der Waals surface area contributed by atoms with Gasteiger partial charge in [0.05, 0.1) is 0 Å². The number of rotatable bonds is 11. The monoisotopic (exact) mass is 250 g/mol. The topological polar surface area (TPSA) is 0 Å². The number of hydrogen-bond donors (Lipinski definition) is 0. The van der Waals surface area contributed by atoms with E-state index in [0.717, 1.165) is 18.8 Å². The molecule has 0 spiro atoms. The molecule has 0 amide bonds. The Hall–Kier alpha value is -0.440. The summed E-state index contributed by atoms with van der Waals surface area (Å²) >= 11 is 0. The molecule has 1 unspecified atom stereocenters. The fraction of sp³-hybridized carbons (Fsp3) is 0.889. The van der Waals surface area contributed by atoms with Crippen molar-refractivity contribution in [3.05, 3.63) is 0 Å². The van der Waals surface area contributed by atoms with Gasteiger partial charge in [0, 0.05) is 12.8 Å². The largest absolute Gasteiger partial charge is 0.103 e. The molecule has 0 saturated carbocycles. The van der Waals surface area contributed by atoms with Crippen molar-refractivity contribution in [2.75, 3.05) is 0 Å². The minimum absolute atomic E-state index is 0.801. The number of unbranched alkanes of at least 4 members (excludes halogenated alkanes) is 8. The first-order valence-corrected chi connectivity index (χ1v) is 8.27. The lowest BCUT2D eigenvalue weighted by molar-refractivity contribution is 0.490. The van der Waals surface area contributed by atoms with Gasteiger partial charge in [-0.15, -0.1) is 11.8 Å². The van der Waals surface area contributed by atoms with Gasteiger partial charge in [-0.2, -0.15) is 0 Å². The van der Waals surface area contributed by atoms with Gasteiger partial charge in [-0.05, 0) is 18.8 Å². The summed E-state index contributed by atoms with van der Waals surface area (Å²) < 4.78 is 0. The van der Waals surface area contributed by atoms with Crippen LogP contribution >= 0.6 is 0 Å². The van der Waals surface area contributed by atoms with Gasteiger partial charge in [-0.25, -0.2) is 0 Å². The summed E-state index contributed by atoms with van der Waals surface area (Å²) in [4.78, 5) is 0. The van der Waals surface area contributed by atoms with E-state index in [1.54, 1.807) is 0 Å². The predicted octanol–water partition coefficient (Wildman–Crippen LogP) is 6.35. The Kier molecular flexibility index (Phi) is 14.3. The van der Waals surface area contributed by atoms with Crippen LogP contribution < -0.4 is 0 Å². The first-order chi connectivity index (χ1) is 8.81. The summed E-state index contributed by atoms with van der Waals surface area (Å²) in [5.74, 6) is 7.43. The van der Waals surface area contributed by atoms with Gasteiger partial charge in [0.2, 0.25) is 0 Å². The molecule has 0 rings (SSSR count). The second kappa shape index (κ2) is 14.6. The molecule has 1 atom stereocenters. The van der Waals surface area contributed by atoms with E-state index in [2.05, 4.69) is 32.6 Å². The molecule has 0 aromatic carbocycles. The van der Waals surface area contributed by atoms with Gasteiger partial charge in [0.15, 0.2) is 0 Å². The van der Waals surface area contributed by atoms with Crippen LogP contribution in [0.1, 0.15) is 97.8 Å². The van der Waals surface area contributed by atoms with Gasteiger partial charge in [-0.1, -0.05) is 72.1 Å². The van der Waals surface area contributed by atoms with Crippen LogP contribution in [0.2, 0.25) is 0 Å². The lowest BCUT2D eigenvalue weighted by Crippen LogP contribution is -1.93. The van der Waals surface area contributed by atoms with Crippen molar-refractivity contribution >= 4 is 0 Å². The van der Waals surface area contributed by atoms with Gasteiger partial charge in [0.1, 0.15) is 0 Å². The van der Waals surface area contributed by atoms with Crippen LogP contribution in [-0.4, -0.2) is 0 Å². The summed E-state index contributed by atoms with van der Waals surface area (Å²) in [5.41, 5.74) is 0. The predicted molar refractivity (Wildman–Crippen MR) is 83.7 cm³/mol. The fourth-order valence-electron chi connectivity index (χ4n) is 2.15. The van der Waals surface area contributed by atoms with Crippen molar-refractivity contribution in [1.29, 1.82) is 0 Å². The second-order valence-electron chi connectivity index (χ2n) is 5.68. The highest BCUT2D eigenvalue weighted by molar-refractivity contribution is 4.99. The Morgan fingerprint density at radius 1 is 0.722 bits per heavy atom. The highest BCUT2D eigenvalue weighted by Crippen LogP contribution is 2.14. The molecular weight excluding hydrogens is 216 g/mol. The molecule has 0 aliphatic heterocycles. The van der Waals surface area contributed by atoms with Crippen LogP contribution in [0, 0.1) is 17.8 Å². The molecule has 0 heterocycles. The Bertz CT molecular complexity index is 206. The lowest BCUT2D eigenvalue weighted by atomic mass is 9.99. The molecule has 0 saturated heterocycles. The standard InChI is InChI=1S/C18H34/c1-4-6-8-10-11-13-15-17-18(3)16-14-12-9-7-5-2/h18H,4-11,13,15-17H2,1-3H3. The normalized spacial score (nSPS) is 11.9. The maximum Gasteiger partial charge on any atom is 0.0114 e. The highest BCUT2D eigenvalue weighted by Gasteiger charge is 1.99. The maximum atomic E-state index is 3.34. The van der Waals surface area contributed by atoms with E-state index in [-0.39, 0.29) is 0 Å². The average Bonchev–Trinajstić information content (AvgIpc) is 2.37. The zero-order valence-corrected chi connectivity index (χ0v) is 13.1. The molecule has 18 heavy (non-hydrogen) atoms. The molecule has 0 aromatic rings. The van der Waals surface area contributed by atoms with Gasteiger partial charge in [0.25, 0.3) is 0 Å².